The number of carbonyl (C=O) groups is 1. The van der Waals surface area contributed by atoms with Crippen molar-refractivity contribution in [3.63, 3.8) is 0 Å². The average Bonchev–Trinajstić information content (AvgIpc) is 3.20. The van der Waals surface area contributed by atoms with Gasteiger partial charge in [0, 0.05) is 18.0 Å². The van der Waals surface area contributed by atoms with Crippen molar-refractivity contribution in [3.8, 4) is 0 Å². The molecule has 3 aromatic rings. The minimum absolute atomic E-state index is 0.000229. The van der Waals surface area contributed by atoms with Crippen molar-refractivity contribution in [3.05, 3.63) is 46.0 Å². The molecule has 0 spiro atoms. The lowest BCUT2D eigenvalue weighted by atomic mass is 9.96. The molecule has 4 rings (SSSR count). The van der Waals surface area contributed by atoms with Crippen molar-refractivity contribution in [1.29, 1.82) is 0 Å². The Morgan fingerprint density at radius 2 is 2.19 bits per heavy atom. The lowest BCUT2D eigenvalue weighted by molar-refractivity contribution is -0.125. The van der Waals surface area contributed by atoms with Crippen LogP contribution in [0.4, 0.5) is 5.69 Å². The van der Waals surface area contributed by atoms with Crippen molar-refractivity contribution in [1.82, 2.24) is 20.3 Å². The van der Waals surface area contributed by atoms with Gasteiger partial charge in [-0.2, -0.15) is 0 Å². The third-order valence-corrected chi connectivity index (χ3v) is 5.97. The van der Waals surface area contributed by atoms with Crippen molar-refractivity contribution >= 4 is 34.1 Å². The Bertz CT molecular complexity index is 956. The number of amides is 1. The molecule has 6 nitrogen and oxygen atoms in total. The molecule has 0 radical (unpaired) electrons. The molecule has 1 atom stereocenters. The second-order valence-corrected chi connectivity index (χ2v) is 8.05. The highest BCUT2D eigenvalue weighted by molar-refractivity contribution is 7.09. The van der Waals surface area contributed by atoms with Crippen LogP contribution in [0.5, 0.6) is 0 Å². The van der Waals surface area contributed by atoms with Crippen LogP contribution in [0.2, 0.25) is 0 Å². The van der Waals surface area contributed by atoms with Gasteiger partial charge in [0.2, 0.25) is 5.91 Å². The molecule has 4 heterocycles. The van der Waals surface area contributed by atoms with Gasteiger partial charge in [-0.1, -0.05) is 6.07 Å². The van der Waals surface area contributed by atoms with Crippen LogP contribution >= 0.6 is 11.3 Å². The molecule has 0 saturated carbocycles. The van der Waals surface area contributed by atoms with E-state index in [0.717, 1.165) is 42.0 Å². The fourth-order valence-corrected chi connectivity index (χ4v) is 4.08. The van der Waals surface area contributed by atoms with Crippen LogP contribution in [0, 0.1) is 19.8 Å². The molecule has 0 unspecified atom stereocenters. The number of anilines is 1. The van der Waals surface area contributed by atoms with E-state index < -0.39 is 0 Å². The smallest absolute Gasteiger partial charge is 0.225 e. The Morgan fingerprint density at radius 3 is 3.00 bits per heavy atom. The lowest BCUT2D eigenvalue weighted by Crippen LogP contribution is -2.43. The first-order chi connectivity index (χ1) is 13.1. The Kier molecular flexibility index (Phi) is 5.03. The van der Waals surface area contributed by atoms with Gasteiger partial charge in [0.15, 0.2) is 5.65 Å². The number of aryl methyl sites for hydroxylation is 2. The topological polar surface area (TPSA) is 71.0 Å². The molecule has 3 aromatic heterocycles. The van der Waals surface area contributed by atoms with E-state index in [4.69, 9.17) is 0 Å². The van der Waals surface area contributed by atoms with E-state index in [1.165, 1.54) is 4.88 Å². The molecule has 140 valence electrons. The number of nitrogens with zero attached hydrogens (tertiary/aromatic N) is 4. The Hall–Kier alpha value is -2.54. The standard InChI is InChI=1S/C20H23N5OS/c1-13-14(2)24-19-18(23-13)9-16(10-21-19)25-7-3-5-15(12-25)20(26)22-11-17-6-4-8-27-17/h4,6,8-10,15H,3,5,7,11-12H2,1-2H3,(H,22,26)/t15-/m1/s1. The van der Waals surface area contributed by atoms with Crippen LogP contribution in [0.3, 0.4) is 0 Å². The molecule has 0 aromatic carbocycles. The molecule has 1 saturated heterocycles. The Labute approximate surface area is 162 Å². The van der Waals surface area contributed by atoms with Gasteiger partial charge in [0.1, 0.15) is 5.52 Å². The molecule has 1 fully saturated rings. The highest BCUT2D eigenvalue weighted by Gasteiger charge is 2.26. The summed E-state index contributed by atoms with van der Waals surface area (Å²) in [6.07, 6.45) is 3.76. The van der Waals surface area contributed by atoms with Crippen LogP contribution in [-0.4, -0.2) is 33.9 Å². The zero-order valence-corrected chi connectivity index (χ0v) is 16.4. The second-order valence-electron chi connectivity index (χ2n) is 7.01. The Morgan fingerprint density at radius 1 is 1.33 bits per heavy atom. The second kappa shape index (κ2) is 7.60. The maximum atomic E-state index is 12.6. The molecular weight excluding hydrogens is 358 g/mol. The number of hydrogen-bond acceptors (Lipinski definition) is 6. The zero-order chi connectivity index (χ0) is 18.8. The molecule has 1 aliphatic rings. The summed E-state index contributed by atoms with van der Waals surface area (Å²) in [5, 5.41) is 5.11. The van der Waals surface area contributed by atoms with Crippen LogP contribution in [0.1, 0.15) is 29.1 Å². The normalized spacial score (nSPS) is 17.3. The van der Waals surface area contributed by atoms with Crippen molar-refractivity contribution < 1.29 is 4.79 Å². The van der Waals surface area contributed by atoms with E-state index in [1.54, 1.807) is 11.3 Å². The van der Waals surface area contributed by atoms with Crippen LogP contribution < -0.4 is 10.2 Å². The highest BCUT2D eigenvalue weighted by atomic mass is 32.1. The first kappa shape index (κ1) is 17.9. The lowest BCUT2D eigenvalue weighted by Gasteiger charge is -2.33. The molecule has 1 aliphatic heterocycles. The third kappa shape index (κ3) is 3.93. The van der Waals surface area contributed by atoms with Gasteiger partial charge < -0.3 is 10.2 Å². The van der Waals surface area contributed by atoms with E-state index in [0.29, 0.717) is 18.7 Å². The number of hydrogen-bond donors (Lipinski definition) is 1. The van der Waals surface area contributed by atoms with E-state index in [9.17, 15) is 4.79 Å². The predicted octanol–water partition coefficient (Wildman–Crippen LogP) is 3.24. The van der Waals surface area contributed by atoms with Gasteiger partial charge in [0.05, 0.1) is 35.7 Å². The maximum absolute atomic E-state index is 12.6. The monoisotopic (exact) mass is 381 g/mol. The minimum atomic E-state index is 0.000229. The van der Waals surface area contributed by atoms with Crippen molar-refractivity contribution in [2.75, 3.05) is 18.0 Å². The van der Waals surface area contributed by atoms with Gasteiger partial charge in [-0.15, -0.1) is 11.3 Å². The fraction of sp³-hybridized carbons (Fsp3) is 0.400. The molecule has 7 heteroatoms. The summed E-state index contributed by atoms with van der Waals surface area (Å²) in [6, 6.07) is 6.09. The van der Waals surface area contributed by atoms with E-state index in [-0.39, 0.29) is 11.8 Å². The van der Waals surface area contributed by atoms with Crippen molar-refractivity contribution in [2.45, 2.75) is 33.2 Å². The largest absolute Gasteiger partial charge is 0.369 e. The van der Waals surface area contributed by atoms with Crippen molar-refractivity contribution in [2.24, 2.45) is 5.92 Å². The summed E-state index contributed by atoms with van der Waals surface area (Å²) in [5.41, 5.74) is 4.31. The fourth-order valence-electron chi connectivity index (χ4n) is 3.44. The summed E-state index contributed by atoms with van der Waals surface area (Å²) in [6.45, 7) is 6.16. The number of thiophene rings is 1. The van der Waals surface area contributed by atoms with Gasteiger partial charge in [0.25, 0.3) is 0 Å². The van der Waals surface area contributed by atoms with Gasteiger partial charge >= 0.3 is 0 Å². The van der Waals surface area contributed by atoms with Crippen LogP contribution in [0.25, 0.3) is 11.2 Å². The van der Waals surface area contributed by atoms with Crippen LogP contribution in [0.15, 0.2) is 29.8 Å². The molecule has 27 heavy (non-hydrogen) atoms. The van der Waals surface area contributed by atoms with E-state index in [2.05, 4.69) is 25.2 Å². The molecule has 0 aliphatic carbocycles. The molecule has 1 amide bonds. The number of aromatic nitrogens is 3. The number of fused-ring (bicyclic) bond motifs is 1. The summed E-state index contributed by atoms with van der Waals surface area (Å²) in [5.74, 6) is 0.133. The quantitative estimate of drug-likeness (QED) is 0.751. The SMILES string of the molecule is Cc1nc2cc(N3CCC[C@@H](C(=O)NCc4cccs4)C3)cnc2nc1C. The van der Waals surface area contributed by atoms with Gasteiger partial charge in [-0.05, 0) is 44.2 Å². The molecular formula is C20H23N5OS. The first-order valence-corrected chi connectivity index (χ1v) is 10.1. The number of nitrogens with one attached hydrogen (secondary N) is 1. The van der Waals surface area contributed by atoms with Gasteiger partial charge in [-0.3, -0.25) is 4.79 Å². The average molecular weight is 382 g/mol. The third-order valence-electron chi connectivity index (χ3n) is 5.09. The minimum Gasteiger partial charge on any atom is -0.369 e. The summed E-state index contributed by atoms with van der Waals surface area (Å²) >= 11 is 1.67. The summed E-state index contributed by atoms with van der Waals surface area (Å²) in [7, 11) is 0. The first-order valence-electron chi connectivity index (χ1n) is 9.26. The Balaban J connectivity index is 1.46. The zero-order valence-electron chi connectivity index (χ0n) is 15.6. The van der Waals surface area contributed by atoms with E-state index in [1.807, 2.05) is 43.6 Å². The summed E-state index contributed by atoms with van der Waals surface area (Å²) < 4.78 is 0. The number of carbonyl (C=O) groups excluding carboxylic acids is 1. The number of pyridine rings is 1. The predicted molar refractivity (Wildman–Crippen MR) is 108 cm³/mol. The number of rotatable bonds is 4. The van der Waals surface area contributed by atoms with E-state index >= 15 is 0 Å². The molecule has 1 N–H and O–H groups in total. The van der Waals surface area contributed by atoms with Gasteiger partial charge in [-0.25, -0.2) is 15.0 Å². The van der Waals surface area contributed by atoms with Crippen LogP contribution in [-0.2, 0) is 11.3 Å². The maximum Gasteiger partial charge on any atom is 0.225 e. The molecule has 0 bridgehead atoms. The highest BCUT2D eigenvalue weighted by Crippen LogP contribution is 2.25. The summed E-state index contributed by atoms with van der Waals surface area (Å²) in [4.78, 5) is 29.6. The number of piperidine rings is 1.